The molecule has 3 nitrogen and oxygen atoms in total. The summed E-state index contributed by atoms with van der Waals surface area (Å²) in [4.78, 5) is 7.92. The lowest BCUT2D eigenvalue weighted by molar-refractivity contribution is 0.748. The van der Waals surface area contributed by atoms with Crippen LogP contribution in [-0.2, 0) is 6.42 Å². The van der Waals surface area contributed by atoms with Crippen molar-refractivity contribution in [1.82, 2.24) is 9.97 Å². The standard InChI is InChI=1S/C19H23N3/c1-13-8-9-14(2)18-17(13)16(7-3-4-10-20)19(22-18)15-6-5-11-21-12-15/h5-6,8-9,11-12,22H,3-4,7,10,20H2,1-2H3. The van der Waals surface area contributed by atoms with Crippen molar-refractivity contribution >= 4 is 10.9 Å². The summed E-state index contributed by atoms with van der Waals surface area (Å²) in [5.74, 6) is 0. The largest absolute Gasteiger partial charge is 0.354 e. The lowest BCUT2D eigenvalue weighted by Crippen LogP contribution is -1.99. The van der Waals surface area contributed by atoms with Crippen molar-refractivity contribution < 1.29 is 0 Å². The number of aryl methyl sites for hydroxylation is 3. The van der Waals surface area contributed by atoms with Crippen LogP contribution in [0.5, 0.6) is 0 Å². The van der Waals surface area contributed by atoms with Crippen molar-refractivity contribution in [1.29, 1.82) is 0 Å². The molecule has 3 aromatic rings. The number of nitrogens with one attached hydrogen (secondary N) is 1. The Morgan fingerprint density at radius 3 is 2.64 bits per heavy atom. The van der Waals surface area contributed by atoms with Crippen LogP contribution >= 0.6 is 0 Å². The smallest absolute Gasteiger partial charge is 0.0513 e. The zero-order valence-corrected chi connectivity index (χ0v) is 13.3. The Morgan fingerprint density at radius 2 is 1.91 bits per heavy atom. The van der Waals surface area contributed by atoms with Crippen LogP contribution in [0.25, 0.3) is 22.2 Å². The lowest BCUT2D eigenvalue weighted by Gasteiger charge is -2.06. The molecule has 0 saturated carbocycles. The van der Waals surface area contributed by atoms with Gasteiger partial charge in [-0.25, -0.2) is 0 Å². The van der Waals surface area contributed by atoms with Gasteiger partial charge < -0.3 is 10.7 Å². The van der Waals surface area contributed by atoms with Gasteiger partial charge in [0.15, 0.2) is 0 Å². The van der Waals surface area contributed by atoms with E-state index in [0.29, 0.717) is 0 Å². The fraction of sp³-hybridized carbons (Fsp3) is 0.316. The van der Waals surface area contributed by atoms with E-state index in [0.717, 1.165) is 31.4 Å². The van der Waals surface area contributed by atoms with E-state index in [2.05, 4.69) is 42.0 Å². The number of aromatic amines is 1. The average molecular weight is 293 g/mol. The van der Waals surface area contributed by atoms with E-state index in [9.17, 15) is 0 Å². The number of rotatable bonds is 5. The van der Waals surface area contributed by atoms with Gasteiger partial charge in [-0.3, -0.25) is 4.98 Å². The van der Waals surface area contributed by atoms with Crippen LogP contribution in [0.2, 0.25) is 0 Å². The van der Waals surface area contributed by atoms with Gasteiger partial charge >= 0.3 is 0 Å². The van der Waals surface area contributed by atoms with Gasteiger partial charge in [-0.05, 0) is 68.5 Å². The number of hydrogen-bond donors (Lipinski definition) is 2. The topological polar surface area (TPSA) is 54.7 Å². The predicted octanol–water partition coefficient (Wildman–Crippen LogP) is 4.13. The van der Waals surface area contributed by atoms with Crippen molar-refractivity contribution in [3.63, 3.8) is 0 Å². The molecule has 0 fully saturated rings. The number of benzene rings is 1. The van der Waals surface area contributed by atoms with E-state index < -0.39 is 0 Å². The van der Waals surface area contributed by atoms with E-state index in [-0.39, 0.29) is 0 Å². The molecule has 0 unspecified atom stereocenters. The SMILES string of the molecule is Cc1ccc(C)c2c(CCCCN)c(-c3cccnc3)[nH]c12. The quantitative estimate of drug-likeness (QED) is 0.695. The molecule has 0 atom stereocenters. The Morgan fingerprint density at radius 1 is 1.09 bits per heavy atom. The molecule has 3 rings (SSSR count). The van der Waals surface area contributed by atoms with Crippen molar-refractivity contribution in [2.45, 2.75) is 33.1 Å². The summed E-state index contributed by atoms with van der Waals surface area (Å²) in [7, 11) is 0. The summed E-state index contributed by atoms with van der Waals surface area (Å²) in [6, 6.07) is 8.51. The third-order valence-electron chi connectivity index (χ3n) is 4.31. The third-order valence-corrected chi connectivity index (χ3v) is 4.31. The van der Waals surface area contributed by atoms with Crippen LogP contribution in [0, 0.1) is 13.8 Å². The van der Waals surface area contributed by atoms with Gasteiger partial charge in [0.25, 0.3) is 0 Å². The Bertz CT molecular complexity index is 772. The maximum atomic E-state index is 5.67. The second kappa shape index (κ2) is 6.32. The molecule has 0 bridgehead atoms. The van der Waals surface area contributed by atoms with Gasteiger partial charge in [0.1, 0.15) is 0 Å². The van der Waals surface area contributed by atoms with Crippen LogP contribution in [0.4, 0.5) is 0 Å². The first-order valence-electron chi connectivity index (χ1n) is 7.93. The highest BCUT2D eigenvalue weighted by Crippen LogP contribution is 2.34. The molecule has 0 spiro atoms. The van der Waals surface area contributed by atoms with Gasteiger partial charge in [-0.15, -0.1) is 0 Å². The molecule has 22 heavy (non-hydrogen) atoms. The van der Waals surface area contributed by atoms with E-state index >= 15 is 0 Å². The summed E-state index contributed by atoms with van der Waals surface area (Å²) in [6.45, 7) is 5.10. The molecule has 3 N–H and O–H groups in total. The fourth-order valence-electron chi connectivity index (χ4n) is 3.14. The summed E-state index contributed by atoms with van der Waals surface area (Å²) in [5, 5.41) is 1.37. The lowest BCUT2D eigenvalue weighted by atomic mass is 9.97. The van der Waals surface area contributed by atoms with E-state index in [1.807, 2.05) is 18.5 Å². The van der Waals surface area contributed by atoms with Crippen LogP contribution in [0.1, 0.15) is 29.5 Å². The molecule has 2 aromatic heterocycles. The molecule has 0 aliphatic rings. The minimum atomic E-state index is 0.753. The Hall–Kier alpha value is -2.13. The van der Waals surface area contributed by atoms with Gasteiger partial charge in [0.05, 0.1) is 5.69 Å². The summed E-state index contributed by atoms with van der Waals surface area (Å²) >= 11 is 0. The highest BCUT2D eigenvalue weighted by atomic mass is 14.7. The zero-order chi connectivity index (χ0) is 15.5. The van der Waals surface area contributed by atoms with Gasteiger partial charge in [-0.2, -0.15) is 0 Å². The third kappa shape index (κ3) is 2.64. The molecule has 1 aromatic carbocycles. The summed E-state index contributed by atoms with van der Waals surface area (Å²) < 4.78 is 0. The van der Waals surface area contributed by atoms with Crippen molar-refractivity contribution in [3.05, 3.63) is 53.3 Å². The van der Waals surface area contributed by atoms with E-state index in [4.69, 9.17) is 5.73 Å². The first-order chi connectivity index (χ1) is 10.7. The van der Waals surface area contributed by atoms with Gasteiger partial charge in [0, 0.05) is 28.9 Å². The Kier molecular flexibility index (Phi) is 4.25. The molecule has 0 aliphatic carbocycles. The molecular weight excluding hydrogens is 270 g/mol. The summed E-state index contributed by atoms with van der Waals surface area (Å²) in [5.41, 5.74) is 13.3. The number of pyridine rings is 1. The average Bonchev–Trinajstić information content (AvgIpc) is 2.93. The zero-order valence-electron chi connectivity index (χ0n) is 13.3. The molecule has 114 valence electrons. The van der Waals surface area contributed by atoms with Crippen molar-refractivity contribution in [2.24, 2.45) is 5.73 Å². The number of nitrogens with zero attached hydrogens (tertiary/aromatic N) is 1. The van der Waals surface area contributed by atoms with Gasteiger partial charge in [0.2, 0.25) is 0 Å². The maximum Gasteiger partial charge on any atom is 0.0513 e. The Labute approximate surface area is 131 Å². The van der Waals surface area contributed by atoms with Crippen LogP contribution in [-0.4, -0.2) is 16.5 Å². The van der Waals surface area contributed by atoms with Crippen LogP contribution in [0.3, 0.4) is 0 Å². The minimum Gasteiger partial charge on any atom is -0.354 e. The Balaban J connectivity index is 2.19. The maximum absolute atomic E-state index is 5.67. The van der Waals surface area contributed by atoms with Crippen molar-refractivity contribution in [2.75, 3.05) is 6.54 Å². The molecule has 0 radical (unpaired) electrons. The van der Waals surface area contributed by atoms with Gasteiger partial charge in [-0.1, -0.05) is 12.1 Å². The molecular formula is C19H23N3. The second-order valence-electron chi connectivity index (χ2n) is 5.92. The second-order valence-corrected chi connectivity index (χ2v) is 5.92. The number of fused-ring (bicyclic) bond motifs is 1. The highest BCUT2D eigenvalue weighted by Gasteiger charge is 2.15. The number of hydrogen-bond acceptors (Lipinski definition) is 2. The predicted molar refractivity (Wildman–Crippen MR) is 93.0 cm³/mol. The number of nitrogens with two attached hydrogens (primary N) is 1. The highest BCUT2D eigenvalue weighted by molar-refractivity contribution is 5.94. The molecule has 0 amide bonds. The molecule has 2 heterocycles. The number of H-pyrrole nitrogens is 1. The molecule has 0 aliphatic heterocycles. The first kappa shape index (κ1) is 14.8. The first-order valence-corrected chi connectivity index (χ1v) is 7.93. The van der Waals surface area contributed by atoms with Crippen molar-refractivity contribution in [3.8, 4) is 11.3 Å². The minimum absolute atomic E-state index is 0.753. The monoisotopic (exact) mass is 293 g/mol. The number of aromatic nitrogens is 2. The van der Waals surface area contributed by atoms with Crippen LogP contribution in [0.15, 0.2) is 36.7 Å². The number of unbranched alkanes of at least 4 members (excludes halogenated alkanes) is 1. The molecule has 0 saturated heterocycles. The molecule has 3 heteroatoms. The van der Waals surface area contributed by atoms with E-state index in [1.54, 1.807) is 0 Å². The summed E-state index contributed by atoms with van der Waals surface area (Å²) in [6.07, 6.45) is 6.97. The van der Waals surface area contributed by atoms with E-state index in [1.165, 1.54) is 33.3 Å². The fourth-order valence-corrected chi connectivity index (χ4v) is 3.14. The van der Waals surface area contributed by atoms with Crippen LogP contribution < -0.4 is 5.73 Å². The normalized spacial score (nSPS) is 11.2.